The molecule has 2 unspecified atom stereocenters. The third-order valence-corrected chi connectivity index (χ3v) is 8.53. The maximum absolute atomic E-state index is 14.1. The van der Waals surface area contributed by atoms with E-state index in [2.05, 4.69) is 51.7 Å². The zero-order valence-corrected chi connectivity index (χ0v) is 22.4. The average Bonchev–Trinajstić information content (AvgIpc) is 2.70. The van der Waals surface area contributed by atoms with Crippen molar-refractivity contribution >= 4 is 13.9 Å². The topological polar surface area (TPSA) is 23.5 Å². The second kappa shape index (κ2) is 11.1. The Morgan fingerprint density at radius 1 is 1.03 bits per heavy atom. The van der Waals surface area contributed by atoms with Crippen LogP contribution in [0.2, 0.25) is 0 Å². The molecule has 2 rings (SSSR count). The molecule has 32 heavy (non-hydrogen) atoms. The fraction of sp³-hybridized carbons (Fsp3) is 0.571. The second-order valence-corrected chi connectivity index (χ2v) is 12.2. The van der Waals surface area contributed by atoms with Crippen molar-refractivity contribution in [2.75, 3.05) is 14.1 Å². The van der Waals surface area contributed by atoms with E-state index in [0.29, 0.717) is 20.9 Å². The molecule has 0 aromatic heterocycles. The first-order valence-electron chi connectivity index (χ1n) is 12.0. The number of halogens is 1. The molecule has 0 amide bonds. The minimum Gasteiger partial charge on any atom is -0.507 e. The highest BCUT2D eigenvalue weighted by Crippen LogP contribution is 2.52. The lowest BCUT2D eigenvalue weighted by molar-refractivity contribution is 0.402. The van der Waals surface area contributed by atoms with Crippen molar-refractivity contribution in [3.8, 4) is 5.75 Å². The fourth-order valence-electron chi connectivity index (χ4n) is 4.39. The molecule has 0 saturated heterocycles. The highest BCUT2D eigenvalue weighted by molar-refractivity contribution is 7.48. The van der Waals surface area contributed by atoms with Crippen molar-refractivity contribution in [2.45, 2.75) is 90.8 Å². The first-order chi connectivity index (χ1) is 14.9. The Balaban J connectivity index is 2.68. The van der Waals surface area contributed by atoms with Crippen LogP contribution in [0.25, 0.3) is 0 Å². The summed E-state index contributed by atoms with van der Waals surface area (Å²) in [4.78, 5) is 2.09. The Kier molecular flexibility index (Phi) is 9.32. The number of aryl methyl sites for hydroxylation is 1. The molecule has 2 aromatic carbocycles. The number of hydrogen-bond donors (Lipinski definition) is 1. The highest BCUT2D eigenvalue weighted by Gasteiger charge is 2.35. The summed E-state index contributed by atoms with van der Waals surface area (Å²) in [6.45, 7) is 13.9. The van der Waals surface area contributed by atoms with Gasteiger partial charge in [0.05, 0.1) is 0 Å². The summed E-state index contributed by atoms with van der Waals surface area (Å²) < 4.78 is 14.1. The van der Waals surface area contributed by atoms with Crippen molar-refractivity contribution in [1.29, 1.82) is 0 Å². The molecule has 0 aliphatic rings. The zero-order chi connectivity index (χ0) is 24.1. The largest absolute Gasteiger partial charge is 0.507 e. The summed E-state index contributed by atoms with van der Waals surface area (Å²) in [6, 6.07) is 9.62. The van der Waals surface area contributed by atoms with Crippen LogP contribution in [0.3, 0.4) is 0 Å². The first kappa shape index (κ1) is 26.8. The third kappa shape index (κ3) is 6.55. The predicted molar refractivity (Wildman–Crippen MR) is 139 cm³/mol. The van der Waals surface area contributed by atoms with Gasteiger partial charge in [0.2, 0.25) is 0 Å². The van der Waals surface area contributed by atoms with Crippen molar-refractivity contribution < 1.29 is 9.50 Å². The van der Waals surface area contributed by atoms with E-state index in [1.807, 2.05) is 27.1 Å². The predicted octanol–water partition coefficient (Wildman–Crippen LogP) is 7.39. The van der Waals surface area contributed by atoms with Gasteiger partial charge < -0.3 is 10.0 Å². The standard InChI is InChI=1S/C28H43FNOP/c1-9-11-12-15-28(10-2,24-18-22(27(4,5)6)16-20(3)26(24)31)32-25-14-13-23(29)17-21(25)19-30(7)8/h13-14,16-18,31-32H,9-12,15,19H2,1-8H3. The summed E-state index contributed by atoms with van der Waals surface area (Å²) in [5, 5.41) is 12.3. The molecular weight excluding hydrogens is 416 g/mol. The van der Waals surface area contributed by atoms with Gasteiger partial charge in [0.25, 0.3) is 0 Å². The lowest BCUT2D eigenvalue weighted by Gasteiger charge is -2.37. The zero-order valence-electron chi connectivity index (χ0n) is 21.4. The number of rotatable bonds is 10. The molecule has 0 saturated carbocycles. The van der Waals surface area contributed by atoms with E-state index in [0.717, 1.165) is 36.0 Å². The number of hydrogen-bond acceptors (Lipinski definition) is 2. The Hall–Kier alpha value is -1.44. The lowest BCUT2D eigenvalue weighted by Crippen LogP contribution is -2.26. The first-order valence-corrected chi connectivity index (χ1v) is 13.0. The normalized spacial score (nSPS) is 14.4. The van der Waals surface area contributed by atoms with Crippen LogP contribution in [0, 0.1) is 12.7 Å². The molecule has 2 atom stereocenters. The summed E-state index contributed by atoms with van der Waals surface area (Å²) >= 11 is 0. The maximum Gasteiger partial charge on any atom is 0.123 e. The summed E-state index contributed by atoms with van der Waals surface area (Å²) in [5.41, 5.74) is 4.32. The smallest absolute Gasteiger partial charge is 0.123 e. The van der Waals surface area contributed by atoms with Crippen LogP contribution in [0.5, 0.6) is 5.75 Å². The molecule has 0 heterocycles. The Bertz CT molecular complexity index is 903. The van der Waals surface area contributed by atoms with E-state index in [1.165, 1.54) is 23.7 Å². The highest BCUT2D eigenvalue weighted by atomic mass is 31.1. The molecule has 4 heteroatoms. The summed E-state index contributed by atoms with van der Waals surface area (Å²) in [5.74, 6) is 0.247. The molecule has 0 fully saturated rings. The SMILES string of the molecule is CCCCCC(CC)(Pc1ccc(F)cc1CN(C)C)c1cc(C(C)(C)C)cc(C)c1O. The molecule has 0 aliphatic carbocycles. The molecule has 178 valence electrons. The number of nitrogens with zero attached hydrogens (tertiary/aromatic N) is 1. The molecular formula is C28H43FNOP. The van der Waals surface area contributed by atoms with Gasteiger partial charge in [0, 0.05) is 17.3 Å². The lowest BCUT2D eigenvalue weighted by atomic mass is 9.80. The molecule has 0 bridgehead atoms. The van der Waals surface area contributed by atoms with E-state index in [4.69, 9.17) is 0 Å². The second-order valence-electron chi connectivity index (χ2n) is 10.5. The minimum atomic E-state index is -0.183. The molecule has 2 aromatic rings. The monoisotopic (exact) mass is 459 g/mol. The molecule has 2 nitrogen and oxygen atoms in total. The van der Waals surface area contributed by atoms with Gasteiger partial charge in [0.15, 0.2) is 0 Å². The van der Waals surface area contributed by atoms with Gasteiger partial charge in [-0.3, -0.25) is 0 Å². The number of phenols is 1. The van der Waals surface area contributed by atoms with Gasteiger partial charge in [-0.25, -0.2) is 4.39 Å². The summed E-state index contributed by atoms with van der Waals surface area (Å²) in [7, 11) is 4.51. The van der Waals surface area contributed by atoms with Crippen molar-refractivity contribution in [1.82, 2.24) is 4.90 Å². The van der Waals surface area contributed by atoms with Crippen molar-refractivity contribution in [3.05, 3.63) is 58.4 Å². The van der Waals surface area contributed by atoms with Crippen LogP contribution in [0.15, 0.2) is 30.3 Å². The van der Waals surface area contributed by atoms with Crippen LogP contribution >= 0.6 is 8.58 Å². The number of unbranched alkanes of at least 4 members (excludes halogenated alkanes) is 2. The van der Waals surface area contributed by atoms with Gasteiger partial charge in [-0.2, -0.15) is 0 Å². The van der Waals surface area contributed by atoms with E-state index in [-0.39, 0.29) is 16.4 Å². The van der Waals surface area contributed by atoms with Crippen LogP contribution in [0.1, 0.15) is 89.0 Å². The number of benzene rings is 2. The van der Waals surface area contributed by atoms with Gasteiger partial charge in [-0.05, 0) is 73.4 Å². The number of phenolic OH excluding ortho intramolecular Hbond substituents is 1. The van der Waals surface area contributed by atoms with E-state index in [1.54, 1.807) is 12.1 Å². The minimum absolute atomic E-state index is 0.00514. The van der Waals surface area contributed by atoms with Crippen LogP contribution in [-0.4, -0.2) is 24.1 Å². The average molecular weight is 460 g/mol. The Morgan fingerprint density at radius 3 is 2.28 bits per heavy atom. The van der Waals surface area contributed by atoms with E-state index < -0.39 is 0 Å². The number of aromatic hydroxyl groups is 1. The Morgan fingerprint density at radius 2 is 1.72 bits per heavy atom. The van der Waals surface area contributed by atoms with Crippen LogP contribution in [0.4, 0.5) is 4.39 Å². The molecule has 0 radical (unpaired) electrons. The third-order valence-electron chi connectivity index (χ3n) is 6.42. The van der Waals surface area contributed by atoms with Crippen LogP contribution < -0.4 is 5.30 Å². The van der Waals surface area contributed by atoms with Gasteiger partial charge in [0.1, 0.15) is 11.6 Å². The van der Waals surface area contributed by atoms with Crippen molar-refractivity contribution in [2.24, 2.45) is 0 Å². The van der Waals surface area contributed by atoms with Crippen LogP contribution in [-0.2, 0) is 17.1 Å². The fourth-order valence-corrected chi connectivity index (χ4v) is 6.19. The Labute approximate surface area is 197 Å². The van der Waals surface area contributed by atoms with Gasteiger partial charge in [-0.15, -0.1) is 0 Å². The molecule has 0 spiro atoms. The summed E-state index contributed by atoms with van der Waals surface area (Å²) in [6.07, 6.45) is 5.43. The van der Waals surface area contributed by atoms with Gasteiger partial charge >= 0.3 is 0 Å². The van der Waals surface area contributed by atoms with Crippen molar-refractivity contribution in [3.63, 3.8) is 0 Å². The molecule has 0 aliphatic heterocycles. The van der Waals surface area contributed by atoms with E-state index >= 15 is 0 Å². The van der Waals surface area contributed by atoms with Gasteiger partial charge in [-0.1, -0.05) is 80.7 Å². The molecule has 1 N–H and O–H groups in total. The quantitative estimate of drug-likeness (QED) is 0.296. The van der Waals surface area contributed by atoms with E-state index in [9.17, 15) is 9.50 Å². The maximum atomic E-state index is 14.1.